The summed E-state index contributed by atoms with van der Waals surface area (Å²) in [5.41, 5.74) is 1.18. The molecule has 0 saturated heterocycles. The lowest BCUT2D eigenvalue weighted by atomic mass is 9.92. The van der Waals surface area contributed by atoms with Crippen LogP contribution in [0.15, 0.2) is 0 Å². The molecular weight excluding hydrogens is 242 g/mol. The molecule has 1 aromatic rings. The first-order chi connectivity index (χ1) is 8.63. The highest BCUT2D eigenvalue weighted by molar-refractivity contribution is 7.05. The Balaban J connectivity index is 2.86. The maximum absolute atomic E-state index is 4.31. The lowest BCUT2D eigenvalue weighted by Crippen LogP contribution is -2.23. The highest BCUT2D eigenvalue weighted by Gasteiger charge is 2.22. The fourth-order valence-electron chi connectivity index (χ4n) is 2.33. The standard InChI is InChI=1S/C14H27N3S/c1-6-11(7-2)9-12(15-8-3)14-13(10(4)5)16-17-18-14/h10-12,15H,6-9H2,1-5H3. The summed E-state index contributed by atoms with van der Waals surface area (Å²) in [6.07, 6.45) is 3.70. The Morgan fingerprint density at radius 1 is 1.17 bits per heavy atom. The second-order valence-electron chi connectivity index (χ2n) is 5.21. The van der Waals surface area contributed by atoms with E-state index in [1.165, 1.54) is 29.8 Å². The minimum atomic E-state index is 0.428. The van der Waals surface area contributed by atoms with E-state index in [4.69, 9.17) is 0 Å². The molecule has 0 bridgehead atoms. The Hall–Kier alpha value is -0.480. The van der Waals surface area contributed by atoms with Crippen LogP contribution < -0.4 is 5.32 Å². The van der Waals surface area contributed by atoms with Crippen LogP contribution >= 0.6 is 11.5 Å². The summed E-state index contributed by atoms with van der Waals surface area (Å²) in [6.45, 7) is 12.1. The quantitative estimate of drug-likeness (QED) is 0.771. The number of hydrogen-bond donors (Lipinski definition) is 1. The normalized spacial score (nSPS) is 13.5. The molecule has 1 N–H and O–H groups in total. The molecule has 104 valence electrons. The molecule has 1 heterocycles. The summed E-state index contributed by atoms with van der Waals surface area (Å²) < 4.78 is 4.16. The zero-order chi connectivity index (χ0) is 13.5. The van der Waals surface area contributed by atoms with E-state index < -0.39 is 0 Å². The molecule has 0 spiro atoms. The van der Waals surface area contributed by atoms with Crippen LogP contribution in [-0.2, 0) is 0 Å². The second kappa shape index (κ2) is 7.85. The van der Waals surface area contributed by atoms with Gasteiger partial charge in [-0.1, -0.05) is 51.9 Å². The van der Waals surface area contributed by atoms with Gasteiger partial charge < -0.3 is 5.32 Å². The SMILES string of the molecule is CCNC(CC(CC)CC)c1snnc1C(C)C. The third kappa shape index (κ3) is 4.02. The number of nitrogens with one attached hydrogen (secondary N) is 1. The molecule has 18 heavy (non-hydrogen) atoms. The molecule has 0 amide bonds. The number of nitrogens with zero attached hydrogens (tertiary/aromatic N) is 2. The van der Waals surface area contributed by atoms with Crippen LogP contribution in [0.4, 0.5) is 0 Å². The molecule has 1 aromatic heterocycles. The van der Waals surface area contributed by atoms with Gasteiger partial charge in [-0.25, -0.2) is 0 Å². The largest absolute Gasteiger partial charge is 0.309 e. The summed E-state index contributed by atoms with van der Waals surface area (Å²) in [7, 11) is 0. The highest BCUT2D eigenvalue weighted by Crippen LogP contribution is 2.31. The molecule has 0 aromatic carbocycles. The average Bonchev–Trinajstić information content (AvgIpc) is 2.83. The van der Waals surface area contributed by atoms with Crippen LogP contribution in [0.3, 0.4) is 0 Å². The van der Waals surface area contributed by atoms with Crippen LogP contribution in [0.25, 0.3) is 0 Å². The number of rotatable bonds is 8. The van der Waals surface area contributed by atoms with Crippen molar-refractivity contribution in [2.45, 2.75) is 65.8 Å². The van der Waals surface area contributed by atoms with Crippen molar-refractivity contribution in [1.82, 2.24) is 14.9 Å². The van der Waals surface area contributed by atoms with Gasteiger partial charge in [-0.2, -0.15) is 0 Å². The highest BCUT2D eigenvalue weighted by atomic mass is 32.1. The van der Waals surface area contributed by atoms with E-state index in [0.29, 0.717) is 12.0 Å². The fourth-order valence-corrected chi connectivity index (χ4v) is 3.22. The molecule has 1 unspecified atom stereocenters. The lowest BCUT2D eigenvalue weighted by Gasteiger charge is -2.22. The van der Waals surface area contributed by atoms with Crippen molar-refractivity contribution in [3.05, 3.63) is 10.6 Å². The first kappa shape index (κ1) is 15.6. The molecule has 0 radical (unpaired) electrons. The van der Waals surface area contributed by atoms with Gasteiger partial charge in [-0.15, -0.1) is 5.10 Å². The van der Waals surface area contributed by atoms with Crippen LogP contribution in [-0.4, -0.2) is 16.1 Å². The van der Waals surface area contributed by atoms with Gasteiger partial charge in [0.15, 0.2) is 0 Å². The first-order valence-corrected chi connectivity index (χ1v) is 7.96. The van der Waals surface area contributed by atoms with Crippen molar-refractivity contribution in [3.8, 4) is 0 Å². The van der Waals surface area contributed by atoms with Gasteiger partial charge in [0.25, 0.3) is 0 Å². The van der Waals surface area contributed by atoms with Crippen LogP contribution in [0, 0.1) is 5.92 Å². The van der Waals surface area contributed by atoms with Crippen molar-refractivity contribution in [2.75, 3.05) is 6.54 Å². The average molecular weight is 269 g/mol. The molecule has 1 atom stereocenters. The minimum absolute atomic E-state index is 0.428. The van der Waals surface area contributed by atoms with E-state index in [1.807, 2.05) is 0 Å². The van der Waals surface area contributed by atoms with Gasteiger partial charge in [0.05, 0.1) is 10.6 Å². The molecule has 3 nitrogen and oxygen atoms in total. The summed E-state index contributed by atoms with van der Waals surface area (Å²) in [4.78, 5) is 1.35. The maximum atomic E-state index is 4.31. The van der Waals surface area contributed by atoms with Crippen LogP contribution in [0.1, 0.15) is 76.4 Å². The van der Waals surface area contributed by atoms with E-state index in [0.717, 1.165) is 12.5 Å². The molecule has 4 heteroatoms. The molecule has 1 rings (SSSR count). The number of aromatic nitrogens is 2. The van der Waals surface area contributed by atoms with E-state index >= 15 is 0 Å². The monoisotopic (exact) mass is 269 g/mol. The van der Waals surface area contributed by atoms with Crippen LogP contribution in [0.2, 0.25) is 0 Å². The Morgan fingerprint density at radius 3 is 2.33 bits per heavy atom. The Labute approximate surface area is 116 Å². The summed E-state index contributed by atoms with van der Waals surface area (Å²) in [5.74, 6) is 1.25. The zero-order valence-electron chi connectivity index (χ0n) is 12.4. The molecule has 0 saturated carbocycles. The number of hydrogen-bond acceptors (Lipinski definition) is 4. The van der Waals surface area contributed by atoms with E-state index in [1.54, 1.807) is 11.5 Å². The summed E-state index contributed by atoms with van der Waals surface area (Å²) in [5, 5.41) is 7.92. The first-order valence-electron chi connectivity index (χ1n) is 7.19. The van der Waals surface area contributed by atoms with E-state index in [9.17, 15) is 0 Å². The smallest absolute Gasteiger partial charge is 0.0829 e. The van der Waals surface area contributed by atoms with Gasteiger partial charge in [-0.3, -0.25) is 0 Å². The fraction of sp³-hybridized carbons (Fsp3) is 0.857. The van der Waals surface area contributed by atoms with Gasteiger partial charge in [0.1, 0.15) is 0 Å². The molecule has 0 aliphatic carbocycles. The summed E-state index contributed by atoms with van der Waals surface area (Å²) in [6, 6.07) is 0.428. The third-order valence-corrected chi connectivity index (χ3v) is 4.43. The topological polar surface area (TPSA) is 37.8 Å². The third-order valence-electron chi connectivity index (χ3n) is 3.58. The van der Waals surface area contributed by atoms with Gasteiger partial charge in [0, 0.05) is 6.04 Å². The predicted molar refractivity (Wildman–Crippen MR) is 79.1 cm³/mol. The molecule has 0 fully saturated rings. The van der Waals surface area contributed by atoms with Gasteiger partial charge in [0.2, 0.25) is 0 Å². The Morgan fingerprint density at radius 2 is 1.83 bits per heavy atom. The molecule has 0 aliphatic rings. The second-order valence-corrected chi connectivity index (χ2v) is 5.99. The molecular formula is C14H27N3S. The lowest BCUT2D eigenvalue weighted by molar-refractivity contribution is 0.377. The van der Waals surface area contributed by atoms with E-state index in [-0.39, 0.29) is 0 Å². The van der Waals surface area contributed by atoms with E-state index in [2.05, 4.69) is 49.5 Å². The van der Waals surface area contributed by atoms with Crippen LogP contribution in [0.5, 0.6) is 0 Å². The molecule has 0 aliphatic heterocycles. The maximum Gasteiger partial charge on any atom is 0.0829 e. The van der Waals surface area contributed by atoms with Crippen molar-refractivity contribution in [1.29, 1.82) is 0 Å². The van der Waals surface area contributed by atoms with Gasteiger partial charge >= 0.3 is 0 Å². The van der Waals surface area contributed by atoms with Crippen molar-refractivity contribution in [2.24, 2.45) is 5.92 Å². The van der Waals surface area contributed by atoms with Crippen molar-refractivity contribution in [3.63, 3.8) is 0 Å². The Bertz CT molecular complexity index is 332. The van der Waals surface area contributed by atoms with Crippen molar-refractivity contribution >= 4 is 11.5 Å². The van der Waals surface area contributed by atoms with Crippen molar-refractivity contribution < 1.29 is 0 Å². The summed E-state index contributed by atoms with van der Waals surface area (Å²) >= 11 is 1.57. The zero-order valence-corrected chi connectivity index (χ0v) is 13.2. The predicted octanol–water partition coefficient (Wildman–Crippen LogP) is 4.14. The van der Waals surface area contributed by atoms with Gasteiger partial charge in [-0.05, 0) is 36.3 Å². The Kier molecular flexibility index (Phi) is 6.79. The minimum Gasteiger partial charge on any atom is -0.309 e.